The smallest absolute Gasteiger partial charge is 0.101 e. The monoisotopic (exact) mass is 234 g/mol. The third-order valence-electron chi connectivity index (χ3n) is 2.01. The molecule has 0 aliphatic rings. The van der Waals surface area contributed by atoms with Crippen LogP contribution in [0.3, 0.4) is 0 Å². The number of nitrogens with zero attached hydrogens (tertiary/aromatic N) is 2. The van der Waals surface area contributed by atoms with Crippen molar-refractivity contribution in [1.82, 2.24) is 4.40 Å². The molecule has 2 heterocycles. The van der Waals surface area contributed by atoms with E-state index in [1.807, 2.05) is 29.7 Å². The Morgan fingerprint density at radius 1 is 1.46 bits per heavy atom. The highest BCUT2D eigenvalue weighted by Crippen LogP contribution is 2.21. The molecule has 0 fully saturated rings. The number of fused-ring (bicyclic) bond motifs is 1. The predicted molar refractivity (Wildman–Crippen MR) is 54.5 cm³/mol. The first-order chi connectivity index (χ1) is 6.22. The molecule has 3 heteroatoms. The van der Waals surface area contributed by atoms with Gasteiger partial charge in [0.2, 0.25) is 0 Å². The van der Waals surface area contributed by atoms with Crippen LogP contribution in [-0.2, 0) is 0 Å². The van der Waals surface area contributed by atoms with Crippen molar-refractivity contribution in [2.75, 3.05) is 0 Å². The van der Waals surface area contributed by atoms with Gasteiger partial charge in [-0.2, -0.15) is 5.26 Å². The van der Waals surface area contributed by atoms with E-state index in [0.717, 1.165) is 10.1 Å². The zero-order valence-corrected chi connectivity index (χ0v) is 8.67. The van der Waals surface area contributed by atoms with E-state index in [-0.39, 0.29) is 0 Å². The molecule has 0 N–H and O–H groups in total. The Morgan fingerprint density at radius 2 is 2.23 bits per heavy atom. The van der Waals surface area contributed by atoms with Gasteiger partial charge in [-0.1, -0.05) is 0 Å². The normalized spacial score (nSPS) is 10.2. The van der Waals surface area contributed by atoms with Crippen LogP contribution in [0.5, 0.6) is 0 Å². The lowest BCUT2D eigenvalue weighted by Gasteiger charge is -1.96. The molecular formula is C10H7BrN2. The molecule has 13 heavy (non-hydrogen) atoms. The number of halogens is 1. The Hall–Kier alpha value is -1.27. The lowest BCUT2D eigenvalue weighted by molar-refractivity contribution is 1.14. The van der Waals surface area contributed by atoms with Crippen molar-refractivity contribution in [3.8, 4) is 6.07 Å². The third kappa shape index (κ3) is 1.24. The second kappa shape index (κ2) is 2.90. The average molecular weight is 235 g/mol. The van der Waals surface area contributed by atoms with E-state index in [4.69, 9.17) is 5.26 Å². The number of hydrogen-bond donors (Lipinski definition) is 0. The molecule has 64 valence electrons. The molecule has 0 aliphatic heterocycles. The van der Waals surface area contributed by atoms with Crippen molar-refractivity contribution in [2.45, 2.75) is 6.92 Å². The minimum Gasteiger partial charge on any atom is -0.310 e. The predicted octanol–water partition coefficient (Wildman–Crippen LogP) is 2.88. The standard InChI is InChI=1S/C10H7BrN2/c1-7-4-9-3-2-8(5-12)6-13(9)10(7)11/h2-4,6H,1H3. The van der Waals surface area contributed by atoms with Crippen molar-refractivity contribution in [3.05, 3.63) is 40.1 Å². The molecule has 0 aliphatic carbocycles. The summed E-state index contributed by atoms with van der Waals surface area (Å²) in [4.78, 5) is 0. The zero-order valence-electron chi connectivity index (χ0n) is 7.08. The van der Waals surface area contributed by atoms with Crippen LogP contribution in [-0.4, -0.2) is 4.40 Å². The SMILES string of the molecule is Cc1cc2ccc(C#N)cn2c1Br. The van der Waals surface area contributed by atoms with Gasteiger partial charge >= 0.3 is 0 Å². The Bertz CT molecular complexity index is 505. The van der Waals surface area contributed by atoms with Gasteiger partial charge in [0.1, 0.15) is 6.07 Å². The lowest BCUT2D eigenvalue weighted by Crippen LogP contribution is -1.85. The summed E-state index contributed by atoms with van der Waals surface area (Å²) in [7, 11) is 0. The Labute approximate surface area is 84.5 Å². The maximum atomic E-state index is 8.72. The number of aryl methyl sites for hydroxylation is 1. The van der Waals surface area contributed by atoms with Gasteiger partial charge in [0.05, 0.1) is 10.2 Å². The number of rotatable bonds is 0. The summed E-state index contributed by atoms with van der Waals surface area (Å²) >= 11 is 3.47. The van der Waals surface area contributed by atoms with Crippen LogP contribution >= 0.6 is 15.9 Å². The van der Waals surface area contributed by atoms with Gasteiger partial charge in [-0.05, 0) is 46.6 Å². The van der Waals surface area contributed by atoms with Crippen LogP contribution < -0.4 is 0 Å². The summed E-state index contributed by atoms with van der Waals surface area (Å²) in [6, 6.07) is 7.95. The molecule has 2 rings (SSSR count). The molecule has 2 aromatic heterocycles. The van der Waals surface area contributed by atoms with Crippen molar-refractivity contribution in [2.24, 2.45) is 0 Å². The second-order valence-corrected chi connectivity index (χ2v) is 3.69. The van der Waals surface area contributed by atoms with Crippen LogP contribution in [0.15, 0.2) is 29.0 Å². The van der Waals surface area contributed by atoms with E-state index in [1.54, 1.807) is 0 Å². The van der Waals surface area contributed by atoms with Gasteiger partial charge < -0.3 is 4.40 Å². The largest absolute Gasteiger partial charge is 0.310 e. The highest BCUT2D eigenvalue weighted by Gasteiger charge is 2.03. The summed E-state index contributed by atoms with van der Waals surface area (Å²) < 4.78 is 2.98. The van der Waals surface area contributed by atoms with Crippen molar-refractivity contribution < 1.29 is 0 Å². The molecular weight excluding hydrogens is 228 g/mol. The molecule has 0 bridgehead atoms. The summed E-state index contributed by atoms with van der Waals surface area (Å²) in [5.41, 5.74) is 2.95. The van der Waals surface area contributed by atoms with Crippen LogP contribution in [0.2, 0.25) is 0 Å². The maximum Gasteiger partial charge on any atom is 0.101 e. The van der Waals surface area contributed by atoms with E-state index in [1.165, 1.54) is 5.56 Å². The molecule has 0 atom stereocenters. The molecule has 2 aromatic rings. The first-order valence-corrected chi connectivity index (χ1v) is 4.69. The van der Waals surface area contributed by atoms with Gasteiger partial charge in [0.15, 0.2) is 0 Å². The Morgan fingerprint density at radius 3 is 2.92 bits per heavy atom. The zero-order chi connectivity index (χ0) is 9.42. The highest BCUT2D eigenvalue weighted by molar-refractivity contribution is 9.10. The second-order valence-electron chi connectivity index (χ2n) is 2.94. The van der Waals surface area contributed by atoms with Gasteiger partial charge in [0, 0.05) is 11.7 Å². The molecule has 0 saturated heterocycles. The molecule has 0 spiro atoms. The first-order valence-electron chi connectivity index (χ1n) is 3.89. The Balaban J connectivity index is 2.84. The number of pyridine rings is 1. The van der Waals surface area contributed by atoms with E-state index < -0.39 is 0 Å². The van der Waals surface area contributed by atoms with Crippen LogP contribution in [0.1, 0.15) is 11.1 Å². The van der Waals surface area contributed by atoms with Crippen molar-refractivity contribution in [1.29, 1.82) is 5.26 Å². The fraction of sp³-hybridized carbons (Fsp3) is 0.100. The molecule has 0 saturated carbocycles. The topological polar surface area (TPSA) is 28.2 Å². The Kier molecular flexibility index (Phi) is 1.86. The summed E-state index contributed by atoms with van der Waals surface area (Å²) in [6.07, 6.45) is 1.83. The maximum absolute atomic E-state index is 8.72. The van der Waals surface area contributed by atoms with E-state index in [0.29, 0.717) is 5.56 Å². The van der Waals surface area contributed by atoms with Crippen molar-refractivity contribution in [3.63, 3.8) is 0 Å². The van der Waals surface area contributed by atoms with Gasteiger partial charge in [-0.25, -0.2) is 0 Å². The quantitative estimate of drug-likeness (QED) is 0.689. The van der Waals surface area contributed by atoms with Crippen LogP contribution in [0.4, 0.5) is 0 Å². The van der Waals surface area contributed by atoms with Crippen molar-refractivity contribution >= 4 is 21.4 Å². The molecule has 2 nitrogen and oxygen atoms in total. The highest BCUT2D eigenvalue weighted by atomic mass is 79.9. The van der Waals surface area contributed by atoms with Crippen LogP contribution in [0.25, 0.3) is 5.52 Å². The van der Waals surface area contributed by atoms with E-state index in [9.17, 15) is 0 Å². The lowest BCUT2D eigenvalue weighted by atomic mass is 10.3. The van der Waals surface area contributed by atoms with Gasteiger partial charge in [0.25, 0.3) is 0 Å². The summed E-state index contributed by atoms with van der Waals surface area (Å²) in [5, 5.41) is 8.72. The molecule has 0 aromatic carbocycles. The minimum absolute atomic E-state index is 0.670. The molecule has 0 unspecified atom stereocenters. The molecule has 0 radical (unpaired) electrons. The summed E-state index contributed by atoms with van der Waals surface area (Å²) in [6.45, 7) is 2.03. The minimum atomic E-state index is 0.670. The van der Waals surface area contributed by atoms with Crippen LogP contribution in [0, 0.1) is 18.3 Å². The van der Waals surface area contributed by atoms with E-state index >= 15 is 0 Å². The third-order valence-corrected chi connectivity index (χ3v) is 3.02. The van der Waals surface area contributed by atoms with Gasteiger partial charge in [-0.15, -0.1) is 0 Å². The van der Waals surface area contributed by atoms with E-state index in [2.05, 4.69) is 28.1 Å². The fourth-order valence-electron chi connectivity index (χ4n) is 1.34. The number of nitriles is 1. The molecule has 0 amide bonds. The number of hydrogen-bond acceptors (Lipinski definition) is 1. The first kappa shape index (κ1) is 8.33. The summed E-state index contributed by atoms with van der Waals surface area (Å²) in [5.74, 6) is 0. The van der Waals surface area contributed by atoms with Gasteiger partial charge in [-0.3, -0.25) is 0 Å². The fourth-order valence-corrected chi connectivity index (χ4v) is 1.76. The number of aromatic nitrogens is 1. The average Bonchev–Trinajstić information content (AvgIpc) is 2.43.